The molecule has 1 aliphatic heterocycles. The van der Waals surface area contributed by atoms with Gasteiger partial charge in [-0.3, -0.25) is 10.1 Å². The zero-order valence-corrected chi connectivity index (χ0v) is 21.3. The van der Waals surface area contributed by atoms with Crippen LogP contribution in [0.4, 0.5) is 10.8 Å². The number of piperidine rings is 1. The van der Waals surface area contributed by atoms with E-state index in [0.29, 0.717) is 0 Å². The topological polar surface area (TPSA) is 104 Å². The molecule has 11 heteroatoms. The van der Waals surface area contributed by atoms with E-state index in [4.69, 9.17) is 11.6 Å². The second-order valence-corrected chi connectivity index (χ2v) is 11.7. The van der Waals surface area contributed by atoms with Crippen molar-refractivity contribution in [2.75, 3.05) is 23.3 Å². The molecule has 2 aromatic carbocycles. The average molecular weight is 520 g/mol. The number of amides is 1. The lowest BCUT2D eigenvalue weighted by atomic mass is 9.98. The Morgan fingerprint density at radius 2 is 1.79 bits per heavy atom. The van der Waals surface area contributed by atoms with Crippen LogP contribution in [-0.4, -0.2) is 37.6 Å². The average Bonchev–Trinajstić information content (AvgIpc) is 3.29. The van der Waals surface area contributed by atoms with Crippen molar-refractivity contribution < 1.29 is 13.2 Å². The predicted molar refractivity (Wildman–Crippen MR) is 135 cm³/mol. The second-order valence-electron chi connectivity index (χ2n) is 8.41. The molecule has 0 saturated carbocycles. The number of carbonyl (C=O) groups is 1. The molecule has 1 saturated heterocycles. The van der Waals surface area contributed by atoms with Crippen LogP contribution in [0.5, 0.6) is 0 Å². The van der Waals surface area contributed by atoms with E-state index in [2.05, 4.69) is 32.1 Å². The molecule has 1 atom stereocenters. The van der Waals surface area contributed by atoms with E-state index < -0.39 is 22.0 Å². The van der Waals surface area contributed by atoms with Crippen LogP contribution < -0.4 is 14.9 Å². The molecule has 0 bridgehead atoms. The molecule has 34 heavy (non-hydrogen) atoms. The number of hydrogen-bond acceptors (Lipinski definition) is 7. The van der Waals surface area contributed by atoms with Crippen molar-refractivity contribution in [2.24, 2.45) is 5.92 Å². The molecule has 8 nitrogen and oxygen atoms in total. The highest BCUT2D eigenvalue weighted by Crippen LogP contribution is 2.27. The van der Waals surface area contributed by atoms with Crippen molar-refractivity contribution in [3.63, 3.8) is 0 Å². The molecule has 1 fully saturated rings. The molecule has 4 rings (SSSR count). The van der Waals surface area contributed by atoms with Crippen molar-refractivity contribution in [3.8, 4) is 0 Å². The van der Waals surface area contributed by atoms with Crippen molar-refractivity contribution in [1.29, 1.82) is 0 Å². The fourth-order valence-electron chi connectivity index (χ4n) is 3.77. The summed E-state index contributed by atoms with van der Waals surface area (Å²) in [5, 5.41) is 10.4. The molecular formula is C23H26ClN5O3S2. The minimum absolute atomic E-state index is 0.0677. The smallest absolute Gasteiger partial charge is 0.270 e. The lowest BCUT2D eigenvalue weighted by Crippen LogP contribution is -2.32. The van der Waals surface area contributed by atoms with Crippen molar-refractivity contribution in [3.05, 3.63) is 64.7 Å². The summed E-state index contributed by atoms with van der Waals surface area (Å²) in [5.74, 6) is 0.269. The summed E-state index contributed by atoms with van der Waals surface area (Å²) in [4.78, 5) is 14.7. The Balaban J connectivity index is 1.39. The highest BCUT2D eigenvalue weighted by Gasteiger charge is 2.24. The van der Waals surface area contributed by atoms with Gasteiger partial charge in [-0.15, -0.1) is 10.2 Å². The zero-order valence-electron chi connectivity index (χ0n) is 18.9. The molecule has 1 amide bonds. The van der Waals surface area contributed by atoms with Crippen molar-refractivity contribution in [1.82, 2.24) is 14.9 Å². The first-order valence-corrected chi connectivity index (χ1v) is 13.7. The van der Waals surface area contributed by atoms with Crippen LogP contribution in [0.1, 0.15) is 48.7 Å². The minimum Gasteiger partial charge on any atom is -0.372 e. The number of aromatic nitrogens is 2. The molecule has 0 radical (unpaired) electrons. The number of rotatable bonds is 7. The van der Waals surface area contributed by atoms with E-state index in [1.807, 2.05) is 24.3 Å². The van der Waals surface area contributed by atoms with Gasteiger partial charge in [0.15, 0.2) is 0 Å². The van der Waals surface area contributed by atoms with Gasteiger partial charge in [0.1, 0.15) is 0 Å². The van der Waals surface area contributed by atoms with Gasteiger partial charge < -0.3 is 4.90 Å². The summed E-state index contributed by atoms with van der Waals surface area (Å²) in [7, 11) is -3.93. The van der Waals surface area contributed by atoms with Gasteiger partial charge in [-0.1, -0.05) is 54.1 Å². The van der Waals surface area contributed by atoms with Gasteiger partial charge in [-0.2, -0.15) is 0 Å². The number of carbonyl (C=O) groups excluding carboxylic acids is 1. The molecule has 1 aliphatic rings. The maximum atomic E-state index is 12.8. The van der Waals surface area contributed by atoms with E-state index in [0.717, 1.165) is 41.6 Å². The maximum absolute atomic E-state index is 12.8. The van der Waals surface area contributed by atoms with E-state index in [1.54, 1.807) is 31.2 Å². The third kappa shape index (κ3) is 5.75. The Morgan fingerprint density at radius 1 is 1.12 bits per heavy atom. The first-order chi connectivity index (χ1) is 16.2. The lowest BCUT2D eigenvalue weighted by molar-refractivity contribution is 0.102. The quantitative estimate of drug-likeness (QED) is 0.438. The third-order valence-corrected chi connectivity index (χ3v) is 8.93. The maximum Gasteiger partial charge on any atom is 0.270 e. The van der Waals surface area contributed by atoms with Gasteiger partial charge in [-0.05, 0) is 55.5 Å². The van der Waals surface area contributed by atoms with Crippen LogP contribution in [-0.2, 0) is 10.0 Å². The van der Waals surface area contributed by atoms with Gasteiger partial charge in [-0.25, -0.2) is 13.1 Å². The number of benzene rings is 2. The summed E-state index contributed by atoms with van der Waals surface area (Å²) in [6.45, 7) is 6.13. The number of nitrogens with one attached hydrogen (secondary N) is 2. The molecule has 0 spiro atoms. The second kappa shape index (κ2) is 10.4. The molecule has 0 aliphatic carbocycles. The minimum atomic E-state index is -3.93. The van der Waals surface area contributed by atoms with E-state index in [9.17, 15) is 13.2 Å². The number of anilines is 2. The lowest BCUT2D eigenvalue weighted by Gasteiger charge is -2.32. The molecule has 3 aromatic rings. The molecular weight excluding hydrogens is 494 g/mol. The van der Waals surface area contributed by atoms with Crippen LogP contribution in [0.25, 0.3) is 0 Å². The van der Waals surface area contributed by atoms with Crippen LogP contribution in [0, 0.1) is 5.92 Å². The fourth-order valence-corrected chi connectivity index (χ4v) is 6.14. The Hall–Kier alpha value is -2.53. The standard InChI is InChI=1S/C23H26ClN5O3S2/c1-15-11-13-29(14-12-15)18-9-7-17(8-10-18)16(2)28-34(31,32)23-27-26-22(33-23)25-21(30)19-5-3-4-6-20(19)24/h3-10,15-16,28H,11-14H2,1-2H3,(H,25,26,30). The van der Waals surface area contributed by atoms with Crippen LogP contribution >= 0.6 is 22.9 Å². The Labute approximate surface area is 208 Å². The summed E-state index contributed by atoms with van der Waals surface area (Å²) in [6, 6.07) is 14.0. The van der Waals surface area contributed by atoms with Crippen LogP contribution in [0.3, 0.4) is 0 Å². The molecule has 2 heterocycles. The number of hydrogen-bond donors (Lipinski definition) is 2. The monoisotopic (exact) mass is 519 g/mol. The Bertz CT molecular complexity index is 1260. The van der Waals surface area contributed by atoms with Gasteiger partial charge in [0.25, 0.3) is 15.9 Å². The molecule has 2 N–H and O–H groups in total. The molecule has 1 aromatic heterocycles. The van der Waals surface area contributed by atoms with Gasteiger partial charge in [0.05, 0.1) is 10.6 Å². The molecule has 180 valence electrons. The Kier molecular flexibility index (Phi) is 7.51. The van der Waals surface area contributed by atoms with Crippen molar-refractivity contribution >= 4 is 49.7 Å². The summed E-state index contributed by atoms with van der Waals surface area (Å²) in [5.41, 5.74) is 2.25. The Morgan fingerprint density at radius 3 is 2.47 bits per heavy atom. The normalized spacial score (nSPS) is 15.8. The van der Waals surface area contributed by atoms with Gasteiger partial charge >= 0.3 is 0 Å². The van der Waals surface area contributed by atoms with Crippen LogP contribution in [0.15, 0.2) is 52.9 Å². The number of halogens is 1. The first kappa shape index (κ1) is 24.6. The number of sulfonamides is 1. The van der Waals surface area contributed by atoms with Gasteiger partial charge in [0.2, 0.25) is 9.47 Å². The summed E-state index contributed by atoms with van der Waals surface area (Å²) >= 11 is 6.81. The van der Waals surface area contributed by atoms with E-state index in [1.165, 1.54) is 12.8 Å². The fraction of sp³-hybridized carbons (Fsp3) is 0.348. The largest absolute Gasteiger partial charge is 0.372 e. The predicted octanol–water partition coefficient (Wildman–Crippen LogP) is 4.72. The third-order valence-electron chi connectivity index (χ3n) is 5.85. The van der Waals surface area contributed by atoms with Crippen LogP contribution in [0.2, 0.25) is 5.02 Å². The number of nitrogens with zero attached hydrogens (tertiary/aromatic N) is 3. The SMILES string of the molecule is CC1CCN(c2ccc(C(C)NS(=O)(=O)c3nnc(NC(=O)c4ccccc4Cl)s3)cc2)CC1. The molecule has 1 unspecified atom stereocenters. The van der Waals surface area contributed by atoms with Crippen molar-refractivity contribution in [2.45, 2.75) is 37.1 Å². The highest BCUT2D eigenvalue weighted by molar-refractivity contribution is 7.91. The van der Waals surface area contributed by atoms with E-state index in [-0.39, 0.29) is 20.1 Å². The zero-order chi connectivity index (χ0) is 24.3. The summed E-state index contributed by atoms with van der Waals surface area (Å²) in [6.07, 6.45) is 2.36. The highest BCUT2D eigenvalue weighted by atomic mass is 35.5. The van der Waals surface area contributed by atoms with Gasteiger partial charge in [0, 0.05) is 24.8 Å². The first-order valence-electron chi connectivity index (χ1n) is 11.0. The summed E-state index contributed by atoms with van der Waals surface area (Å²) < 4.78 is 28.1. The van der Waals surface area contributed by atoms with E-state index >= 15 is 0 Å².